The molecule has 2 aromatic rings. The molecule has 0 saturated heterocycles. The molecule has 0 aliphatic carbocycles. The Balaban J connectivity index is 0.0000274. The van der Waals surface area contributed by atoms with Crippen LogP contribution >= 0.6 is 0 Å². The summed E-state index contributed by atoms with van der Waals surface area (Å²) in [4.78, 5) is 10.6. The number of rotatable bonds is 50. The second-order valence-electron chi connectivity index (χ2n) is 22.3. The fourth-order valence-electron chi connectivity index (χ4n) is 10.4. The van der Waals surface area contributed by atoms with Gasteiger partial charge >= 0.3 is 0 Å². The molecule has 2 aromatic carbocycles. The topological polar surface area (TPSA) is 24.7 Å². The van der Waals surface area contributed by atoms with Crippen molar-refractivity contribution in [2.24, 2.45) is 9.98 Å². The molecule has 0 saturated carbocycles. The van der Waals surface area contributed by atoms with Crippen LogP contribution < -0.4 is 0 Å². The van der Waals surface area contributed by atoms with Crippen molar-refractivity contribution in [1.82, 2.24) is 0 Å². The molecule has 3 heteroatoms. The van der Waals surface area contributed by atoms with Gasteiger partial charge in [0, 0.05) is 42.2 Å². The predicted molar refractivity (Wildman–Crippen MR) is 330 cm³/mol. The first-order valence-electron chi connectivity index (χ1n) is 32.4. The maximum absolute atomic E-state index is 5.33. The second-order valence-corrected chi connectivity index (χ2v) is 22.3. The molecular weight excluding hydrogens is 939 g/mol. The maximum atomic E-state index is 5.33. The van der Waals surface area contributed by atoms with E-state index in [-0.39, 0.29) is 16.5 Å². The fourth-order valence-corrected chi connectivity index (χ4v) is 10.4. The van der Waals surface area contributed by atoms with Gasteiger partial charge < -0.3 is 0 Å². The van der Waals surface area contributed by atoms with Crippen molar-refractivity contribution in [1.29, 1.82) is 0 Å². The van der Waals surface area contributed by atoms with Crippen LogP contribution in [0.4, 0.5) is 11.4 Å². The van der Waals surface area contributed by atoms with Crippen LogP contribution in [0.2, 0.25) is 0 Å². The summed E-state index contributed by atoms with van der Waals surface area (Å²) in [5.74, 6) is 13.9. The molecule has 0 aliphatic heterocycles. The van der Waals surface area contributed by atoms with E-state index in [2.05, 4.69) is 99.9 Å². The third kappa shape index (κ3) is 42.5. The summed E-state index contributed by atoms with van der Waals surface area (Å²) >= 11 is 0. The molecule has 0 aromatic heterocycles. The van der Waals surface area contributed by atoms with E-state index < -0.39 is 0 Å². The van der Waals surface area contributed by atoms with Gasteiger partial charge in [0.15, 0.2) is 0 Å². The monoisotopic (exact) mass is 1060 g/mol. The van der Waals surface area contributed by atoms with E-state index in [1.807, 2.05) is 0 Å². The first-order valence-corrected chi connectivity index (χ1v) is 32.4. The zero-order chi connectivity index (χ0) is 52.0. The Morgan fingerprint density at radius 1 is 0.311 bits per heavy atom. The molecule has 0 N–H and O–H groups in total. The normalized spacial score (nSPS) is 11.6. The summed E-state index contributed by atoms with van der Waals surface area (Å²) in [7, 11) is 0. The second kappa shape index (κ2) is 55.2. The van der Waals surface area contributed by atoms with Crippen LogP contribution in [0, 0.1) is 23.7 Å². The molecule has 0 radical (unpaired) electrons. The number of aliphatic imine (C=N–C) groups is 2. The predicted octanol–water partition coefficient (Wildman–Crippen LogP) is 24.0. The van der Waals surface area contributed by atoms with Gasteiger partial charge in [0.05, 0.1) is 22.8 Å². The Labute approximate surface area is 472 Å². The van der Waals surface area contributed by atoms with Gasteiger partial charge in [-0.25, -0.2) is 0 Å². The van der Waals surface area contributed by atoms with E-state index in [4.69, 9.17) is 9.98 Å². The Kier molecular flexibility index (Phi) is 51.7. The summed E-state index contributed by atoms with van der Waals surface area (Å²) in [6.07, 6.45) is 65.5. The number of nitrogens with zero attached hydrogens (tertiary/aromatic N) is 2. The summed E-state index contributed by atoms with van der Waals surface area (Å²) in [6, 6.07) is 17.5. The average Bonchev–Trinajstić information content (AvgIpc) is 3.40. The first kappa shape index (κ1) is 69.4. The minimum atomic E-state index is 0. The molecule has 422 valence electrons. The molecule has 2 nitrogen and oxygen atoms in total. The zero-order valence-corrected chi connectivity index (χ0v) is 50.5. The van der Waals surface area contributed by atoms with Crippen LogP contribution in [0.1, 0.15) is 341 Å². The molecular formula is C71H118N2Ni. The smallest absolute Gasteiger partial charge is 0.0665 e. The Morgan fingerprint density at radius 2 is 0.568 bits per heavy atom. The van der Waals surface area contributed by atoms with Gasteiger partial charge in [0.25, 0.3) is 0 Å². The zero-order valence-electron chi connectivity index (χ0n) is 49.5. The Hall–Kier alpha value is -2.61. The number of hydrogen-bond donors (Lipinski definition) is 0. The van der Waals surface area contributed by atoms with Crippen LogP contribution in [0.3, 0.4) is 0 Å². The van der Waals surface area contributed by atoms with E-state index in [0.29, 0.717) is 0 Å². The van der Waals surface area contributed by atoms with Crippen molar-refractivity contribution >= 4 is 22.8 Å². The van der Waals surface area contributed by atoms with Crippen molar-refractivity contribution in [3.8, 4) is 23.7 Å². The van der Waals surface area contributed by atoms with E-state index in [1.54, 1.807) is 0 Å². The number of para-hydroxylation sites is 2. The SMILES string of the molecule is CCCCCCCCCCCCCCCCCCCCCC#CCCCc1ccccc1N=C(C)C(CCCC)=Nc1ccccc1CCCC#CCCCCCCCCCCCCCCCCCCCCC.[Ni]. The van der Waals surface area contributed by atoms with Crippen molar-refractivity contribution in [2.75, 3.05) is 0 Å². The molecule has 0 heterocycles. The molecule has 2 rings (SSSR count). The third-order valence-corrected chi connectivity index (χ3v) is 15.3. The van der Waals surface area contributed by atoms with Gasteiger partial charge in [-0.15, -0.1) is 23.7 Å². The molecule has 0 aliphatic rings. The van der Waals surface area contributed by atoms with Crippen molar-refractivity contribution < 1.29 is 16.5 Å². The van der Waals surface area contributed by atoms with Gasteiger partial charge in [0.1, 0.15) is 0 Å². The molecule has 0 unspecified atom stereocenters. The molecule has 0 atom stereocenters. The summed E-state index contributed by atoms with van der Waals surface area (Å²) < 4.78 is 0. The molecule has 0 fully saturated rings. The minimum absolute atomic E-state index is 0. The van der Waals surface area contributed by atoms with E-state index in [9.17, 15) is 0 Å². The van der Waals surface area contributed by atoms with E-state index >= 15 is 0 Å². The van der Waals surface area contributed by atoms with Gasteiger partial charge in [-0.2, -0.15) is 0 Å². The van der Waals surface area contributed by atoms with Crippen LogP contribution in [0.15, 0.2) is 58.5 Å². The Morgan fingerprint density at radius 3 is 0.878 bits per heavy atom. The van der Waals surface area contributed by atoms with Crippen molar-refractivity contribution in [3.63, 3.8) is 0 Å². The molecule has 0 bridgehead atoms. The largest absolute Gasteiger partial charge is 0.252 e. The van der Waals surface area contributed by atoms with Gasteiger partial charge in [-0.3, -0.25) is 9.98 Å². The quantitative estimate of drug-likeness (QED) is 0.0273. The summed E-state index contributed by atoms with van der Waals surface area (Å²) in [6.45, 7) is 9.04. The Bertz CT molecular complexity index is 1710. The number of hydrogen-bond acceptors (Lipinski definition) is 2. The molecule has 74 heavy (non-hydrogen) atoms. The third-order valence-electron chi connectivity index (χ3n) is 15.3. The minimum Gasteiger partial charge on any atom is -0.252 e. The average molecular weight is 1060 g/mol. The van der Waals surface area contributed by atoms with Gasteiger partial charge in [-0.05, 0) is 81.5 Å². The number of benzene rings is 2. The fraction of sp³-hybridized carbons (Fsp3) is 0.746. The van der Waals surface area contributed by atoms with E-state index in [1.165, 1.54) is 255 Å². The van der Waals surface area contributed by atoms with Crippen LogP contribution in [-0.4, -0.2) is 11.4 Å². The molecule has 0 spiro atoms. The van der Waals surface area contributed by atoms with Crippen LogP contribution in [0.25, 0.3) is 0 Å². The molecule has 0 amide bonds. The van der Waals surface area contributed by atoms with Crippen molar-refractivity contribution in [3.05, 3.63) is 59.7 Å². The standard InChI is InChI=1S/C71H118N2.Ni/c1-5-8-11-13-15-17-19-21-23-25-27-29-31-33-35-37-39-41-43-45-47-49-51-53-59-67-61-55-57-64-70(67)72-66(4)69(63-10-7-3)73-71-65-58-56-62-68(71)60-54-52-50-48-46-44-42-40-38-36-34-32-30-28-26-24-22-20-18-16-14-12-9-6-2;/h55-58,61-62,64-65H,5-46,51-54,59-60,63H2,1-4H3;. The summed E-state index contributed by atoms with van der Waals surface area (Å²) in [5.41, 5.74) is 6.96. The maximum Gasteiger partial charge on any atom is 0.0665 e. The first-order chi connectivity index (χ1) is 36.2. The van der Waals surface area contributed by atoms with Gasteiger partial charge in [0.2, 0.25) is 0 Å². The summed E-state index contributed by atoms with van der Waals surface area (Å²) in [5, 5.41) is 0. The van der Waals surface area contributed by atoms with E-state index in [0.717, 1.165) is 93.4 Å². The van der Waals surface area contributed by atoms with Crippen LogP contribution in [-0.2, 0) is 29.3 Å². The van der Waals surface area contributed by atoms with Gasteiger partial charge in [-0.1, -0.05) is 295 Å². The number of unbranched alkanes of at least 4 members (excludes halogenated alkanes) is 41. The van der Waals surface area contributed by atoms with Crippen molar-refractivity contribution in [2.45, 2.75) is 342 Å². The van der Waals surface area contributed by atoms with Crippen LogP contribution in [0.5, 0.6) is 0 Å². The number of aryl methyl sites for hydroxylation is 2.